The molecule has 1 fully saturated rings. The summed E-state index contributed by atoms with van der Waals surface area (Å²) in [7, 11) is 0. The summed E-state index contributed by atoms with van der Waals surface area (Å²) < 4.78 is 19.0. The van der Waals surface area contributed by atoms with E-state index in [0.717, 1.165) is 18.7 Å². The van der Waals surface area contributed by atoms with Gasteiger partial charge in [0.1, 0.15) is 5.82 Å². The van der Waals surface area contributed by atoms with Gasteiger partial charge in [-0.15, -0.1) is 0 Å². The molecule has 1 aliphatic rings. The maximum atomic E-state index is 13.4. The van der Waals surface area contributed by atoms with Crippen LogP contribution in [-0.4, -0.2) is 25.8 Å². The number of benzene rings is 1. The number of hydrogen-bond acceptors (Lipinski definition) is 2. The van der Waals surface area contributed by atoms with Crippen LogP contribution < -0.4 is 5.32 Å². The first kappa shape index (κ1) is 11.8. The summed E-state index contributed by atoms with van der Waals surface area (Å²) in [5, 5.41) is 3.86. The molecular weight excluding hydrogens is 229 g/mol. The van der Waals surface area contributed by atoms with Crippen molar-refractivity contribution < 1.29 is 9.13 Å². The molecule has 1 aromatic carbocycles. The van der Waals surface area contributed by atoms with Gasteiger partial charge in [0.05, 0.1) is 12.7 Å². The van der Waals surface area contributed by atoms with Crippen LogP contribution >= 0.6 is 11.6 Å². The fourth-order valence-corrected chi connectivity index (χ4v) is 2.14. The van der Waals surface area contributed by atoms with Gasteiger partial charge >= 0.3 is 0 Å². The zero-order valence-electron chi connectivity index (χ0n) is 9.22. The van der Waals surface area contributed by atoms with Gasteiger partial charge in [-0.3, -0.25) is 0 Å². The third kappa shape index (κ3) is 2.73. The van der Waals surface area contributed by atoms with Crippen molar-refractivity contribution in [1.29, 1.82) is 0 Å². The van der Waals surface area contributed by atoms with Crippen molar-refractivity contribution in [3.05, 3.63) is 34.1 Å². The van der Waals surface area contributed by atoms with Gasteiger partial charge in [0, 0.05) is 24.5 Å². The Morgan fingerprint density at radius 1 is 1.56 bits per heavy atom. The van der Waals surface area contributed by atoms with Crippen LogP contribution in [0.2, 0.25) is 5.02 Å². The summed E-state index contributed by atoms with van der Waals surface area (Å²) in [6.45, 7) is 4.10. The van der Waals surface area contributed by atoms with Gasteiger partial charge in [0.25, 0.3) is 0 Å². The lowest BCUT2D eigenvalue weighted by Gasteiger charge is -2.24. The third-order valence-corrected chi connectivity index (χ3v) is 3.13. The number of rotatable bonds is 2. The first-order chi connectivity index (χ1) is 7.66. The van der Waals surface area contributed by atoms with Crippen LogP contribution in [0.4, 0.5) is 4.39 Å². The zero-order valence-corrected chi connectivity index (χ0v) is 9.98. The van der Waals surface area contributed by atoms with E-state index in [1.807, 2.05) is 0 Å². The zero-order chi connectivity index (χ0) is 11.5. The fourth-order valence-electron chi connectivity index (χ4n) is 1.84. The summed E-state index contributed by atoms with van der Waals surface area (Å²) in [5.41, 5.74) is 1.40. The van der Waals surface area contributed by atoms with E-state index in [1.54, 1.807) is 13.0 Å². The van der Waals surface area contributed by atoms with Crippen LogP contribution in [0.3, 0.4) is 0 Å². The molecule has 0 aliphatic carbocycles. The Morgan fingerprint density at radius 2 is 2.38 bits per heavy atom. The van der Waals surface area contributed by atoms with Crippen LogP contribution in [0.25, 0.3) is 0 Å². The van der Waals surface area contributed by atoms with Crippen molar-refractivity contribution in [3.63, 3.8) is 0 Å². The number of morpholine rings is 1. The number of aryl methyl sites for hydroxylation is 1. The molecule has 16 heavy (non-hydrogen) atoms. The molecule has 88 valence electrons. The third-order valence-electron chi connectivity index (χ3n) is 2.78. The highest BCUT2D eigenvalue weighted by Gasteiger charge is 2.16. The van der Waals surface area contributed by atoms with Crippen molar-refractivity contribution >= 4 is 11.6 Å². The maximum absolute atomic E-state index is 13.4. The van der Waals surface area contributed by atoms with Crippen molar-refractivity contribution in [2.45, 2.75) is 19.4 Å². The standard InChI is InChI=1S/C12H15ClFNO/c1-8-4-11(13)9(6-12(8)14)5-10-7-15-2-3-16-10/h4,6,10,15H,2-3,5,7H2,1H3. The largest absolute Gasteiger partial charge is 0.375 e. The number of hydrogen-bond donors (Lipinski definition) is 1. The Hall–Kier alpha value is -0.640. The molecule has 2 rings (SSSR count). The number of halogens is 2. The molecule has 2 nitrogen and oxygen atoms in total. The summed E-state index contributed by atoms with van der Waals surface area (Å²) in [6.07, 6.45) is 0.747. The Bertz CT molecular complexity index is 378. The molecule has 1 heterocycles. The van der Waals surface area contributed by atoms with E-state index in [2.05, 4.69) is 5.32 Å². The summed E-state index contributed by atoms with van der Waals surface area (Å²) in [5.74, 6) is -0.205. The van der Waals surface area contributed by atoms with Gasteiger partial charge < -0.3 is 10.1 Å². The molecule has 0 bridgehead atoms. The predicted molar refractivity (Wildman–Crippen MR) is 62.5 cm³/mol. The minimum Gasteiger partial charge on any atom is -0.375 e. The number of nitrogens with one attached hydrogen (secondary N) is 1. The minimum absolute atomic E-state index is 0.0911. The molecule has 1 N–H and O–H groups in total. The van der Waals surface area contributed by atoms with Crippen LogP contribution in [-0.2, 0) is 11.2 Å². The van der Waals surface area contributed by atoms with Gasteiger partial charge in [0.2, 0.25) is 0 Å². The Morgan fingerprint density at radius 3 is 3.06 bits per heavy atom. The topological polar surface area (TPSA) is 21.3 Å². The van der Waals surface area contributed by atoms with E-state index in [0.29, 0.717) is 23.6 Å². The molecule has 4 heteroatoms. The molecule has 1 aromatic rings. The fraction of sp³-hybridized carbons (Fsp3) is 0.500. The first-order valence-corrected chi connectivity index (χ1v) is 5.81. The van der Waals surface area contributed by atoms with Crippen molar-refractivity contribution in [2.24, 2.45) is 0 Å². The minimum atomic E-state index is -0.205. The molecule has 0 saturated carbocycles. The van der Waals surface area contributed by atoms with Gasteiger partial charge in [-0.05, 0) is 30.2 Å². The Balaban J connectivity index is 2.11. The molecule has 1 saturated heterocycles. The van der Waals surface area contributed by atoms with Crippen LogP contribution in [0.1, 0.15) is 11.1 Å². The molecular formula is C12H15ClFNO. The van der Waals surface area contributed by atoms with E-state index in [1.165, 1.54) is 6.07 Å². The second kappa shape index (κ2) is 5.13. The summed E-state index contributed by atoms with van der Waals surface area (Å²) in [4.78, 5) is 0. The van der Waals surface area contributed by atoms with Crippen LogP contribution in [0.15, 0.2) is 12.1 Å². The first-order valence-electron chi connectivity index (χ1n) is 5.43. The SMILES string of the molecule is Cc1cc(Cl)c(CC2CNCCO2)cc1F. The molecule has 0 amide bonds. The van der Waals surface area contributed by atoms with Gasteiger partial charge in [-0.2, -0.15) is 0 Å². The maximum Gasteiger partial charge on any atom is 0.126 e. The lowest BCUT2D eigenvalue weighted by Crippen LogP contribution is -2.39. The highest BCUT2D eigenvalue weighted by Crippen LogP contribution is 2.22. The average molecular weight is 244 g/mol. The average Bonchev–Trinajstić information content (AvgIpc) is 2.27. The lowest BCUT2D eigenvalue weighted by atomic mass is 10.0. The van der Waals surface area contributed by atoms with Crippen molar-refractivity contribution in [3.8, 4) is 0 Å². The summed E-state index contributed by atoms with van der Waals surface area (Å²) >= 11 is 6.08. The van der Waals surface area contributed by atoms with Crippen molar-refractivity contribution in [2.75, 3.05) is 19.7 Å². The lowest BCUT2D eigenvalue weighted by molar-refractivity contribution is 0.0292. The molecule has 0 radical (unpaired) electrons. The van der Waals surface area contributed by atoms with E-state index in [9.17, 15) is 4.39 Å². The number of ether oxygens (including phenoxy) is 1. The Kier molecular flexibility index (Phi) is 3.79. The van der Waals surface area contributed by atoms with Gasteiger partial charge in [0.15, 0.2) is 0 Å². The van der Waals surface area contributed by atoms with Crippen LogP contribution in [0.5, 0.6) is 0 Å². The highest BCUT2D eigenvalue weighted by atomic mass is 35.5. The quantitative estimate of drug-likeness (QED) is 0.861. The smallest absolute Gasteiger partial charge is 0.126 e. The van der Waals surface area contributed by atoms with Crippen LogP contribution in [0, 0.1) is 12.7 Å². The molecule has 0 spiro atoms. The predicted octanol–water partition coefficient (Wildman–Crippen LogP) is 2.32. The normalized spacial score (nSPS) is 21.1. The Labute approximate surface area is 99.7 Å². The van der Waals surface area contributed by atoms with Gasteiger partial charge in [-0.1, -0.05) is 11.6 Å². The monoisotopic (exact) mass is 243 g/mol. The molecule has 1 aliphatic heterocycles. The van der Waals surface area contributed by atoms with E-state index in [4.69, 9.17) is 16.3 Å². The van der Waals surface area contributed by atoms with Gasteiger partial charge in [-0.25, -0.2) is 4.39 Å². The molecule has 0 aromatic heterocycles. The second-order valence-electron chi connectivity index (χ2n) is 4.09. The highest BCUT2D eigenvalue weighted by molar-refractivity contribution is 6.31. The second-order valence-corrected chi connectivity index (χ2v) is 4.50. The molecule has 1 atom stereocenters. The van der Waals surface area contributed by atoms with Crippen molar-refractivity contribution in [1.82, 2.24) is 5.32 Å². The van der Waals surface area contributed by atoms with E-state index >= 15 is 0 Å². The summed E-state index contributed by atoms with van der Waals surface area (Å²) in [6, 6.07) is 3.18. The molecule has 1 unspecified atom stereocenters. The van der Waals surface area contributed by atoms with E-state index in [-0.39, 0.29) is 11.9 Å². The van der Waals surface area contributed by atoms with E-state index < -0.39 is 0 Å².